The maximum Gasteiger partial charge on any atom is 0.332 e. The molecule has 140 valence electrons. The average Bonchev–Trinajstić information content (AvgIpc) is 3.14. The molecule has 27 heavy (non-hydrogen) atoms. The number of anilines is 1. The number of nitrogen functional groups attached to an aromatic ring is 1. The summed E-state index contributed by atoms with van der Waals surface area (Å²) in [7, 11) is 1.64. The first-order valence-corrected chi connectivity index (χ1v) is 8.93. The first-order chi connectivity index (χ1) is 12.9. The number of imidazole rings is 2. The number of aryl methyl sites for hydroxylation is 2. The molecule has 4 rings (SSSR count). The van der Waals surface area contributed by atoms with Crippen molar-refractivity contribution in [3.63, 3.8) is 0 Å². The van der Waals surface area contributed by atoms with Crippen LogP contribution in [-0.4, -0.2) is 23.1 Å². The van der Waals surface area contributed by atoms with E-state index in [1.54, 1.807) is 7.05 Å². The molecular weight excluding hydrogens is 344 g/mol. The van der Waals surface area contributed by atoms with E-state index in [9.17, 15) is 9.59 Å². The monoisotopic (exact) mass is 366 g/mol. The molecule has 0 aliphatic heterocycles. The van der Waals surface area contributed by atoms with Crippen LogP contribution >= 0.6 is 0 Å². The summed E-state index contributed by atoms with van der Waals surface area (Å²) in [4.78, 5) is 30.4. The van der Waals surface area contributed by atoms with Crippen LogP contribution in [0, 0.1) is 13.8 Å². The predicted octanol–water partition coefficient (Wildman–Crippen LogP) is 1.75. The first-order valence-electron chi connectivity index (χ1n) is 8.93. The van der Waals surface area contributed by atoms with Crippen molar-refractivity contribution in [3.05, 3.63) is 56.5 Å². The smallest absolute Gasteiger partial charge is 0.332 e. The second-order valence-corrected chi connectivity index (χ2v) is 6.78. The van der Waals surface area contributed by atoms with Gasteiger partial charge in [-0.15, -0.1) is 0 Å². The highest BCUT2D eigenvalue weighted by Gasteiger charge is 2.23. The van der Waals surface area contributed by atoms with Gasteiger partial charge in [0.2, 0.25) is 5.78 Å². The van der Waals surface area contributed by atoms with E-state index >= 15 is 0 Å². The summed E-state index contributed by atoms with van der Waals surface area (Å²) in [5, 5.41) is 0. The number of fused-ring (bicyclic) bond motifs is 3. The van der Waals surface area contributed by atoms with E-state index in [1.165, 1.54) is 9.13 Å². The third kappa shape index (κ3) is 2.19. The first kappa shape index (κ1) is 17.1. The maximum absolute atomic E-state index is 13.1. The predicted molar refractivity (Wildman–Crippen MR) is 106 cm³/mol. The van der Waals surface area contributed by atoms with Gasteiger partial charge in [0.1, 0.15) is 0 Å². The number of nitrogens with zero attached hydrogens (tertiary/aromatic N) is 5. The van der Waals surface area contributed by atoms with Crippen LogP contribution in [0.3, 0.4) is 0 Å². The minimum Gasteiger partial charge on any atom is -0.397 e. The number of benzene rings is 1. The van der Waals surface area contributed by atoms with Crippen molar-refractivity contribution in [3.8, 4) is 5.69 Å². The molecule has 3 aromatic heterocycles. The van der Waals surface area contributed by atoms with Gasteiger partial charge in [-0.2, -0.15) is 4.98 Å². The van der Waals surface area contributed by atoms with E-state index in [-0.39, 0.29) is 11.2 Å². The Balaban J connectivity index is 2.23. The van der Waals surface area contributed by atoms with E-state index in [4.69, 9.17) is 5.73 Å². The molecule has 0 radical (unpaired) electrons. The number of hydrogen-bond donors (Lipinski definition) is 1. The van der Waals surface area contributed by atoms with Gasteiger partial charge in [-0.3, -0.25) is 22.9 Å². The standard InChI is InChI=1S/C19H22N6O2/c1-5-10-23-17(26)15-16(22(4)19(23)27)21-18-24(11(2)12(3)25(15)18)14-9-7-6-8-13(14)20/h6-9H,5,10,20H2,1-4H3. The highest BCUT2D eigenvalue weighted by atomic mass is 16.2. The Bertz CT molecular complexity index is 1320. The van der Waals surface area contributed by atoms with Crippen LogP contribution in [0.2, 0.25) is 0 Å². The summed E-state index contributed by atoms with van der Waals surface area (Å²) in [5.41, 5.74) is 9.53. The second kappa shape index (κ2) is 5.87. The number of hydrogen-bond acceptors (Lipinski definition) is 4. The third-order valence-electron chi connectivity index (χ3n) is 5.14. The van der Waals surface area contributed by atoms with Crippen LogP contribution in [0.25, 0.3) is 22.6 Å². The largest absolute Gasteiger partial charge is 0.397 e. The SMILES string of the molecule is CCCn1c(=O)c2c(nc3n(-c4ccccc4N)c(C)c(C)n23)n(C)c1=O. The van der Waals surface area contributed by atoms with E-state index in [2.05, 4.69) is 4.98 Å². The molecule has 0 bridgehead atoms. The Kier molecular flexibility index (Phi) is 3.73. The molecule has 0 atom stereocenters. The molecule has 0 amide bonds. The molecule has 3 heterocycles. The number of para-hydroxylation sites is 2. The molecular formula is C19H22N6O2. The highest BCUT2D eigenvalue weighted by molar-refractivity contribution is 5.78. The van der Waals surface area contributed by atoms with Crippen molar-refractivity contribution in [1.82, 2.24) is 23.1 Å². The van der Waals surface area contributed by atoms with Crippen molar-refractivity contribution in [2.45, 2.75) is 33.7 Å². The molecule has 4 aromatic rings. The molecule has 0 fully saturated rings. The van der Waals surface area contributed by atoms with Crippen LogP contribution in [0.1, 0.15) is 24.7 Å². The van der Waals surface area contributed by atoms with Crippen molar-refractivity contribution < 1.29 is 0 Å². The fraction of sp³-hybridized carbons (Fsp3) is 0.316. The fourth-order valence-corrected chi connectivity index (χ4v) is 3.65. The van der Waals surface area contributed by atoms with Crippen LogP contribution in [0.4, 0.5) is 5.69 Å². The zero-order valence-electron chi connectivity index (χ0n) is 15.9. The van der Waals surface area contributed by atoms with E-state index in [0.29, 0.717) is 35.6 Å². The lowest BCUT2D eigenvalue weighted by Crippen LogP contribution is -2.39. The van der Waals surface area contributed by atoms with Gasteiger partial charge in [-0.1, -0.05) is 19.1 Å². The Hall–Kier alpha value is -3.29. The van der Waals surface area contributed by atoms with Crippen molar-refractivity contribution in [1.29, 1.82) is 0 Å². The van der Waals surface area contributed by atoms with Crippen molar-refractivity contribution in [2.75, 3.05) is 5.73 Å². The summed E-state index contributed by atoms with van der Waals surface area (Å²) >= 11 is 0. The third-order valence-corrected chi connectivity index (χ3v) is 5.14. The molecule has 0 saturated carbocycles. The fourth-order valence-electron chi connectivity index (χ4n) is 3.65. The number of aromatic nitrogens is 5. The Labute approximate surface area is 155 Å². The van der Waals surface area contributed by atoms with Crippen LogP contribution < -0.4 is 17.0 Å². The quantitative estimate of drug-likeness (QED) is 0.559. The lowest BCUT2D eigenvalue weighted by atomic mass is 10.2. The molecule has 0 saturated heterocycles. The molecule has 8 nitrogen and oxygen atoms in total. The second-order valence-electron chi connectivity index (χ2n) is 6.78. The number of rotatable bonds is 3. The molecule has 0 unspecified atom stereocenters. The topological polar surface area (TPSA) is 92.2 Å². The normalized spacial score (nSPS) is 11.7. The van der Waals surface area contributed by atoms with Crippen LogP contribution in [-0.2, 0) is 13.6 Å². The van der Waals surface area contributed by atoms with Gasteiger partial charge in [0.05, 0.1) is 11.4 Å². The lowest BCUT2D eigenvalue weighted by Gasteiger charge is -2.09. The summed E-state index contributed by atoms with van der Waals surface area (Å²) in [6.07, 6.45) is 0.697. The van der Waals surface area contributed by atoms with Crippen LogP contribution in [0.5, 0.6) is 0 Å². The Morgan fingerprint density at radius 1 is 1.11 bits per heavy atom. The van der Waals surface area contributed by atoms with Crippen molar-refractivity contribution in [2.24, 2.45) is 7.05 Å². The molecule has 0 aliphatic rings. The summed E-state index contributed by atoms with van der Waals surface area (Å²) in [5.74, 6) is 0.569. The number of nitrogens with two attached hydrogens (primary N) is 1. The Morgan fingerprint density at radius 3 is 2.48 bits per heavy atom. The van der Waals surface area contributed by atoms with Gasteiger partial charge in [-0.25, -0.2) is 4.79 Å². The van der Waals surface area contributed by atoms with Gasteiger partial charge < -0.3 is 5.73 Å². The van der Waals surface area contributed by atoms with Crippen molar-refractivity contribution >= 4 is 22.6 Å². The highest BCUT2D eigenvalue weighted by Crippen LogP contribution is 2.27. The minimum absolute atomic E-state index is 0.316. The van der Waals surface area contributed by atoms with Gasteiger partial charge >= 0.3 is 5.69 Å². The zero-order chi connectivity index (χ0) is 19.5. The molecule has 0 spiro atoms. The van der Waals surface area contributed by atoms with Gasteiger partial charge in [-0.05, 0) is 32.4 Å². The van der Waals surface area contributed by atoms with E-state index in [1.807, 2.05) is 54.0 Å². The van der Waals surface area contributed by atoms with E-state index in [0.717, 1.165) is 17.1 Å². The van der Waals surface area contributed by atoms with Gasteiger partial charge in [0, 0.05) is 25.0 Å². The van der Waals surface area contributed by atoms with Gasteiger partial charge in [0.15, 0.2) is 11.2 Å². The molecule has 8 heteroatoms. The zero-order valence-corrected chi connectivity index (χ0v) is 15.9. The van der Waals surface area contributed by atoms with Crippen LogP contribution in [0.15, 0.2) is 33.9 Å². The maximum atomic E-state index is 13.1. The van der Waals surface area contributed by atoms with E-state index < -0.39 is 0 Å². The summed E-state index contributed by atoms with van der Waals surface area (Å²) in [6.45, 7) is 6.22. The summed E-state index contributed by atoms with van der Waals surface area (Å²) in [6, 6.07) is 7.52. The van der Waals surface area contributed by atoms with Gasteiger partial charge in [0.25, 0.3) is 5.56 Å². The molecule has 2 N–H and O–H groups in total. The molecule has 1 aromatic carbocycles. The lowest BCUT2D eigenvalue weighted by molar-refractivity contribution is 0.592. The average molecular weight is 366 g/mol. The minimum atomic E-state index is -0.352. The molecule has 0 aliphatic carbocycles. The Morgan fingerprint density at radius 2 is 1.81 bits per heavy atom. The summed E-state index contributed by atoms with van der Waals surface area (Å²) < 4.78 is 6.47.